The fourth-order valence-electron chi connectivity index (χ4n) is 4.61. The lowest BCUT2D eigenvalue weighted by Gasteiger charge is -2.33. The average Bonchev–Trinajstić information content (AvgIpc) is 3.21. The monoisotopic (exact) mass is 511 g/mol. The van der Waals surface area contributed by atoms with Crippen molar-refractivity contribution in [1.82, 2.24) is 19.5 Å². The Morgan fingerprint density at radius 1 is 1.06 bits per heavy atom. The number of fused-ring (bicyclic) bond motifs is 1. The summed E-state index contributed by atoms with van der Waals surface area (Å²) in [5.41, 5.74) is 4.74. The molecule has 0 bridgehead atoms. The molecule has 9 heteroatoms. The molecule has 0 spiro atoms. The highest BCUT2D eigenvalue weighted by Gasteiger charge is 2.21. The van der Waals surface area contributed by atoms with Crippen molar-refractivity contribution in [3.63, 3.8) is 0 Å². The van der Waals surface area contributed by atoms with Gasteiger partial charge in [-0.3, -0.25) is 4.90 Å². The molecule has 0 radical (unpaired) electrons. The van der Waals surface area contributed by atoms with Crippen LogP contribution >= 0.6 is 34.8 Å². The Balaban J connectivity index is 1.33. The summed E-state index contributed by atoms with van der Waals surface area (Å²) < 4.78 is 1.88. The van der Waals surface area contributed by atoms with E-state index in [4.69, 9.17) is 39.8 Å². The van der Waals surface area contributed by atoms with E-state index in [1.54, 1.807) is 0 Å². The molecule has 1 fully saturated rings. The van der Waals surface area contributed by atoms with Crippen molar-refractivity contribution in [2.45, 2.75) is 19.4 Å². The Labute approximate surface area is 215 Å². The van der Waals surface area contributed by atoms with Crippen LogP contribution in [-0.2, 0) is 6.54 Å². The van der Waals surface area contributed by atoms with Crippen LogP contribution in [0, 0.1) is 5.92 Å². The van der Waals surface area contributed by atoms with Crippen molar-refractivity contribution in [3.8, 4) is 11.3 Å². The van der Waals surface area contributed by atoms with E-state index in [2.05, 4.69) is 15.3 Å². The van der Waals surface area contributed by atoms with Gasteiger partial charge in [0.1, 0.15) is 13.7 Å². The lowest BCUT2D eigenvalue weighted by Crippen LogP contribution is -2.37. The second-order valence-electron chi connectivity index (χ2n) is 8.93. The molecule has 2 aromatic carbocycles. The standard InChI is InChI=1S/C25H25BCl3N5/c26-20-13-31-34-24(11-23(32-25(20)34)19-5-1-2-6-21(19)28)30-12-16-4-3-9-33(14-16)15-17-7-8-18(27)10-22(17)29/h1-2,5-8,10-11,13,16,30H,3-4,9,12,14-15,26H2. The van der Waals surface area contributed by atoms with Crippen LogP contribution in [0.1, 0.15) is 18.4 Å². The van der Waals surface area contributed by atoms with Gasteiger partial charge in [-0.1, -0.05) is 59.1 Å². The van der Waals surface area contributed by atoms with Crippen LogP contribution in [0.5, 0.6) is 0 Å². The van der Waals surface area contributed by atoms with Gasteiger partial charge in [0.25, 0.3) is 0 Å². The third-order valence-corrected chi connectivity index (χ3v) is 7.30. The van der Waals surface area contributed by atoms with E-state index in [1.165, 1.54) is 6.42 Å². The number of aromatic nitrogens is 3. The zero-order chi connectivity index (χ0) is 23.7. The third kappa shape index (κ3) is 5.06. The van der Waals surface area contributed by atoms with Gasteiger partial charge in [-0.15, -0.1) is 0 Å². The van der Waals surface area contributed by atoms with E-state index >= 15 is 0 Å². The minimum atomic E-state index is 0.517. The number of nitrogens with one attached hydrogen (secondary N) is 1. The second kappa shape index (κ2) is 10.2. The first kappa shape index (κ1) is 23.5. The Morgan fingerprint density at radius 3 is 2.74 bits per heavy atom. The summed E-state index contributed by atoms with van der Waals surface area (Å²) in [6.45, 7) is 3.77. The molecular weight excluding hydrogens is 487 g/mol. The number of piperidine rings is 1. The van der Waals surface area contributed by atoms with Gasteiger partial charge in [0, 0.05) is 52.5 Å². The number of anilines is 1. The summed E-state index contributed by atoms with van der Waals surface area (Å²) in [6.07, 6.45) is 4.19. The second-order valence-corrected chi connectivity index (χ2v) is 10.2. The summed E-state index contributed by atoms with van der Waals surface area (Å²) in [5, 5.41) is 10.3. The largest absolute Gasteiger partial charge is 0.370 e. The van der Waals surface area contributed by atoms with Crippen molar-refractivity contribution in [2.75, 3.05) is 25.0 Å². The molecule has 174 valence electrons. The normalized spacial score (nSPS) is 16.7. The van der Waals surface area contributed by atoms with Crippen LogP contribution in [0.2, 0.25) is 15.1 Å². The molecule has 4 aromatic rings. The zero-order valence-electron chi connectivity index (χ0n) is 18.9. The lowest BCUT2D eigenvalue weighted by molar-refractivity contribution is 0.173. The SMILES string of the molecule is Bc1cnn2c(NCC3CCCN(Cc4ccc(Cl)cc4Cl)C3)cc(-c3ccccc3Cl)nc12. The number of hydrogen-bond donors (Lipinski definition) is 1. The van der Waals surface area contributed by atoms with Gasteiger partial charge in [0.2, 0.25) is 0 Å². The molecule has 5 rings (SSSR count). The number of hydrogen-bond acceptors (Lipinski definition) is 4. The highest BCUT2D eigenvalue weighted by atomic mass is 35.5. The smallest absolute Gasteiger partial charge is 0.151 e. The molecule has 0 amide bonds. The fourth-order valence-corrected chi connectivity index (χ4v) is 5.31. The molecule has 1 atom stereocenters. The molecule has 0 aliphatic carbocycles. The minimum absolute atomic E-state index is 0.517. The molecule has 34 heavy (non-hydrogen) atoms. The topological polar surface area (TPSA) is 45.5 Å². The molecule has 3 heterocycles. The highest BCUT2D eigenvalue weighted by Crippen LogP contribution is 2.29. The minimum Gasteiger partial charge on any atom is -0.370 e. The molecule has 2 aromatic heterocycles. The van der Waals surface area contributed by atoms with Crippen molar-refractivity contribution in [1.29, 1.82) is 0 Å². The quantitative estimate of drug-likeness (QED) is 0.372. The van der Waals surface area contributed by atoms with E-state index in [0.717, 1.165) is 71.4 Å². The van der Waals surface area contributed by atoms with Gasteiger partial charge in [0.15, 0.2) is 5.65 Å². The van der Waals surface area contributed by atoms with Crippen molar-refractivity contribution in [3.05, 3.63) is 75.4 Å². The molecule has 1 N–H and O–H groups in total. The van der Waals surface area contributed by atoms with Gasteiger partial charge in [-0.05, 0) is 54.5 Å². The maximum Gasteiger partial charge on any atom is 0.151 e. The summed E-state index contributed by atoms with van der Waals surface area (Å²) in [7, 11) is 2.02. The molecule has 5 nitrogen and oxygen atoms in total. The van der Waals surface area contributed by atoms with Crippen molar-refractivity contribution >= 4 is 59.6 Å². The summed E-state index contributed by atoms with van der Waals surface area (Å²) in [5.74, 6) is 1.44. The average molecular weight is 513 g/mol. The summed E-state index contributed by atoms with van der Waals surface area (Å²) in [4.78, 5) is 7.31. The predicted octanol–water partition coefficient (Wildman–Crippen LogP) is 4.94. The van der Waals surface area contributed by atoms with Crippen molar-refractivity contribution < 1.29 is 0 Å². The van der Waals surface area contributed by atoms with E-state index in [-0.39, 0.29) is 0 Å². The molecule has 0 saturated carbocycles. The van der Waals surface area contributed by atoms with Gasteiger partial charge in [-0.2, -0.15) is 9.61 Å². The predicted molar refractivity (Wildman–Crippen MR) is 145 cm³/mol. The summed E-state index contributed by atoms with van der Waals surface area (Å²) in [6, 6.07) is 15.6. The fraction of sp³-hybridized carbons (Fsp3) is 0.280. The Hall–Kier alpha value is -2.25. The number of nitrogens with zero attached hydrogens (tertiary/aromatic N) is 4. The summed E-state index contributed by atoms with van der Waals surface area (Å²) >= 11 is 18.9. The third-order valence-electron chi connectivity index (χ3n) is 6.38. The first-order chi connectivity index (χ1) is 16.5. The molecular formula is C25H25BCl3N5. The van der Waals surface area contributed by atoms with Crippen LogP contribution in [0.3, 0.4) is 0 Å². The molecule has 1 aliphatic rings. The maximum atomic E-state index is 6.47. The van der Waals surface area contributed by atoms with Crippen LogP contribution in [0.25, 0.3) is 16.9 Å². The highest BCUT2D eigenvalue weighted by molar-refractivity contribution is 6.36. The van der Waals surface area contributed by atoms with E-state index < -0.39 is 0 Å². The number of benzene rings is 2. The van der Waals surface area contributed by atoms with E-state index in [9.17, 15) is 0 Å². The Morgan fingerprint density at radius 2 is 1.91 bits per heavy atom. The van der Waals surface area contributed by atoms with Gasteiger partial charge >= 0.3 is 0 Å². The lowest BCUT2D eigenvalue weighted by atomic mass is 9.97. The van der Waals surface area contributed by atoms with E-state index in [0.29, 0.717) is 16.0 Å². The van der Waals surface area contributed by atoms with Crippen LogP contribution < -0.4 is 10.8 Å². The van der Waals surface area contributed by atoms with Gasteiger partial charge in [0.05, 0.1) is 5.69 Å². The molecule has 1 aliphatic heterocycles. The molecule has 1 unspecified atom stereocenters. The van der Waals surface area contributed by atoms with Gasteiger partial charge < -0.3 is 5.32 Å². The Kier molecular flexibility index (Phi) is 7.02. The molecule has 1 saturated heterocycles. The first-order valence-corrected chi connectivity index (χ1v) is 12.6. The van der Waals surface area contributed by atoms with Gasteiger partial charge in [-0.25, -0.2) is 4.98 Å². The van der Waals surface area contributed by atoms with Crippen LogP contribution in [0.4, 0.5) is 5.82 Å². The number of rotatable bonds is 6. The number of halogens is 3. The Bertz CT molecular complexity index is 1330. The van der Waals surface area contributed by atoms with E-state index in [1.807, 2.05) is 67.1 Å². The first-order valence-electron chi connectivity index (χ1n) is 11.5. The number of likely N-dealkylation sites (tertiary alicyclic amines) is 1. The van der Waals surface area contributed by atoms with Crippen LogP contribution in [0.15, 0.2) is 54.7 Å². The van der Waals surface area contributed by atoms with Crippen molar-refractivity contribution in [2.24, 2.45) is 5.92 Å². The van der Waals surface area contributed by atoms with Crippen LogP contribution in [-0.4, -0.2) is 47.0 Å². The maximum absolute atomic E-state index is 6.47. The zero-order valence-corrected chi connectivity index (χ0v) is 21.2.